The van der Waals surface area contributed by atoms with Gasteiger partial charge in [0.05, 0.1) is 21.9 Å². The molecule has 2 aromatic rings. The monoisotopic (exact) mass is 455 g/mol. The number of alkyl halides is 3. The molecule has 0 unspecified atom stereocenters. The van der Waals surface area contributed by atoms with E-state index in [-0.39, 0.29) is 16.3 Å². The van der Waals surface area contributed by atoms with Crippen LogP contribution in [0.1, 0.15) is 21.5 Å². The molecule has 0 aliphatic heterocycles. The van der Waals surface area contributed by atoms with Crippen LogP contribution in [-0.2, 0) is 22.9 Å². The minimum absolute atomic E-state index is 0.0802. The Balaban J connectivity index is 2.09. The number of hydrogen-bond acceptors (Lipinski definition) is 4. The van der Waals surface area contributed by atoms with Crippen molar-refractivity contribution in [3.63, 3.8) is 0 Å². The van der Waals surface area contributed by atoms with Gasteiger partial charge >= 0.3 is 6.18 Å². The molecule has 0 fully saturated rings. The number of nitrogens with one attached hydrogen (secondary N) is 1. The largest absolute Gasteiger partial charge is 0.487 e. The molecule has 0 heterocycles. The van der Waals surface area contributed by atoms with Crippen molar-refractivity contribution in [3.05, 3.63) is 63.9 Å². The van der Waals surface area contributed by atoms with E-state index >= 15 is 0 Å². The predicted octanol–water partition coefficient (Wildman–Crippen LogP) is 3.69. The molecule has 2 rings (SSSR count). The lowest BCUT2D eigenvalue weighted by atomic mass is 10.1. The van der Waals surface area contributed by atoms with Crippen LogP contribution in [0.2, 0.25) is 5.02 Å². The summed E-state index contributed by atoms with van der Waals surface area (Å²) in [5.41, 5.74) is -1.45. The van der Waals surface area contributed by atoms with E-state index in [0.717, 1.165) is 18.2 Å². The van der Waals surface area contributed by atoms with Gasteiger partial charge in [-0.2, -0.15) is 21.6 Å². The van der Waals surface area contributed by atoms with Gasteiger partial charge in [0.1, 0.15) is 18.2 Å². The minimum atomic E-state index is -4.58. The lowest BCUT2D eigenvalue weighted by Crippen LogP contribution is -2.29. The summed E-state index contributed by atoms with van der Waals surface area (Å²) >= 11 is 5.76. The van der Waals surface area contributed by atoms with E-state index < -0.39 is 58.1 Å². The highest BCUT2D eigenvalue weighted by Crippen LogP contribution is 2.35. The van der Waals surface area contributed by atoms with Gasteiger partial charge in [-0.15, -0.1) is 0 Å². The third-order valence-electron chi connectivity index (χ3n) is 3.61. The van der Waals surface area contributed by atoms with Crippen molar-refractivity contribution in [2.75, 3.05) is 12.3 Å². The molecule has 12 heteroatoms. The van der Waals surface area contributed by atoms with Crippen LogP contribution in [-0.4, -0.2) is 31.2 Å². The number of rotatable bonds is 7. The molecule has 2 aromatic carbocycles. The lowest BCUT2D eigenvalue weighted by Gasteiger charge is -2.13. The highest BCUT2D eigenvalue weighted by Gasteiger charge is 2.31. The van der Waals surface area contributed by atoms with Crippen LogP contribution in [0.3, 0.4) is 0 Å². The van der Waals surface area contributed by atoms with E-state index in [0.29, 0.717) is 6.07 Å². The molecule has 0 atom stereocenters. The fraction of sp³-hybridized carbons (Fsp3) is 0.235. The van der Waals surface area contributed by atoms with Gasteiger partial charge < -0.3 is 10.1 Å². The first kappa shape index (κ1) is 22.9. The number of halogens is 5. The van der Waals surface area contributed by atoms with Crippen molar-refractivity contribution in [1.29, 1.82) is 0 Å². The fourth-order valence-corrected chi connectivity index (χ4v) is 2.80. The van der Waals surface area contributed by atoms with Crippen LogP contribution >= 0.6 is 11.6 Å². The van der Waals surface area contributed by atoms with Crippen LogP contribution < -0.4 is 10.1 Å². The number of benzene rings is 2. The molecule has 158 valence electrons. The molecule has 1 amide bonds. The van der Waals surface area contributed by atoms with Gasteiger partial charge in [-0.05, 0) is 24.3 Å². The summed E-state index contributed by atoms with van der Waals surface area (Å²) in [5.74, 6) is -2.72. The second-order valence-corrected chi connectivity index (χ2v) is 7.73. The number of carbonyl (C=O) groups is 1. The molecular formula is C17H14ClF4NO5S. The number of carbonyl (C=O) groups excluding carboxylic acids is 1. The summed E-state index contributed by atoms with van der Waals surface area (Å²) in [6, 6.07) is 6.21. The van der Waals surface area contributed by atoms with Crippen LogP contribution in [0.4, 0.5) is 17.6 Å². The van der Waals surface area contributed by atoms with Crippen molar-refractivity contribution >= 4 is 27.6 Å². The molecule has 0 radical (unpaired) electrons. The van der Waals surface area contributed by atoms with Crippen molar-refractivity contribution in [2.24, 2.45) is 0 Å². The van der Waals surface area contributed by atoms with E-state index in [1.807, 2.05) is 0 Å². The van der Waals surface area contributed by atoms with Gasteiger partial charge in [0.15, 0.2) is 0 Å². The third-order valence-corrected chi connectivity index (χ3v) is 4.63. The molecule has 0 bridgehead atoms. The van der Waals surface area contributed by atoms with Gasteiger partial charge in [-0.1, -0.05) is 23.7 Å². The Kier molecular flexibility index (Phi) is 7.09. The van der Waals surface area contributed by atoms with Crippen LogP contribution in [0.25, 0.3) is 0 Å². The predicted molar refractivity (Wildman–Crippen MR) is 95.9 cm³/mol. The normalized spacial score (nSPS) is 11.9. The standard InChI is InChI=1S/C17H14ClF4NO5S/c18-13-8-11(17(20,21)22)4-5-14(13)28-9-10-2-1-3-12(15(10)19)16(24)23-6-7-29(25,26)27/h1-5,8H,6-7,9H2,(H,23,24)(H,25,26,27). The second kappa shape index (κ2) is 8.97. The zero-order valence-electron chi connectivity index (χ0n) is 14.5. The Hall–Kier alpha value is -2.37. The Morgan fingerprint density at radius 1 is 1.21 bits per heavy atom. The van der Waals surface area contributed by atoms with E-state index in [4.69, 9.17) is 20.9 Å². The lowest BCUT2D eigenvalue weighted by molar-refractivity contribution is -0.137. The summed E-state index contributed by atoms with van der Waals surface area (Å²) in [5, 5.41) is 1.82. The average molecular weight is 456 g/mol. The van der Waals surface area contributed by atoms with Gasteiger partial charge in [0.25, 0.3) is 16.0 Å². The molecule has 2 N–H and O–H groups in total. The molecule has 0 saturated heterocycles. The zero-order chi connectivity index (χ0) is 21.8. The quantitative estimate of drug-likeness (QED) is 0.490. The van der Waals surface area contributed by atoms with Gasteiger partial charge in [-0.3, -0.25) is 9.35 Å². The Morgan fingerprint density at radius 3 is 2.48 bits per heavy atom. The molecular weight excluding hydrogens is 442 g/mol. The smallest absolute Gasteiger partial charge is 0.416 e. The second-order valence-electron chi connectivity index (χ2n) is 5.75. The van der Waals surface area contributed by atoms with Crippen molar-refractivity contribution < 1.29 is 40.1 Å². The molecule has 29 heavy (non-hydrogen) atoms. The minimum Gasteiger partial charge on any atom is -0.487 e. The summed E-state index contributed by atoms with van der Waals surface area (Å²) in [6.45, 7) is -0.859. The maximum atomic E-state index is 14.5. The molecule has 0 aliphatic rings. The van der Waals surface area contributed by atoms with E-state index in [2.05, 4.69) is 5.32 Å². The first-order valence-corrected chi connectivity index (χ1v) is 9.87. The van der Waals surface area contributed by atoms with Crippen molar-refractivity contribution in [2.45, 2.75) is 12.8 Å². The molecule has 0 aliphatic carbocycles. The first-order chi connectivity index (χ1) is 13.4. The van der Waals surface area contributed by atoms with Crippen molar-refractivity contribution in [1.82, 2.24) is 5.32 Å². The zero-order valence-corrected chi connectivity index (χ0v) is 16.0. The van der Waals surface area contributed by atoms with Gasteiger partial charge in [-0.25, -0.2) is 4.39 Å². The molecule has 0 spiro atoms. The van der Waals surface area contributed by atoms with Crippen LogP contribution in [0, 0.1) is 5.82 Å². The van der Waals surface area contributed by atoms with Gasteiger partial charge in [0.2, 0.25) is 0 Å². The average Bonchev–Trinajstić information content (AvgIpc) is 2.59. The summed E-state index contributed by atoms with van der Waals surface area (Å²) in [7, 11) is -4.29. The Bertz CT molecular complexity index is 1010. The third kappa shape index (κ3) is 6.58. The Labute approximate surface area is 168 Å². The summed E-state index contributed by atoms with van der Waals surface area (Å²) in [6.07, 6.45) is -4.58. The first-order valence-electron chi connectivity index (χ1n) is 7.89. The van der Waals surface area contributed by atoms with E-state index in [9.17, 15) is 30.8 Å². The highest BCUT2D eigenvalue weighted by molar-refractivity contribution is 7.85. The maximum Gasteiger partial charge on any atom is 0.416 e. The van der Waals surface area contributed by atoms with E-state index in [1.54, 1.807) is 0 Å². The number of ether oxygens (including phenoxy) is 1. The van der Waals surface area contributed by atoms with Crippen LogP contribution in [0.5, 0.6) is 5.75 Å². The molecule has 0 saturated carbocycles. The molecule has 0 aromatic heterocycles. The topological polar surface area (TPSA) is 92.7 Å². The summed E-state index contributed by atoms with van der Waals surface area (Å²) < 4.78 is 87.6. The van der Waals surface area contributed by atoms with Crippen LogP contribution in [0.15, 0.2) is 36.4 Å². The molecule has 6 nitrogen and oxygen atoms in total. The maximum absolute atomic E-state index is 14.5. The fourth-order valence-electron chi connectivity index (χ4n) is 2.21. The SMILES string of the molecule is O=C(NCCS(=O)(=O)O)c1cccc(COc2ccc(C(F)(F)F)cc2Cl)c1F. The highest BCUT2D eigenvalue weighted by atomic mass is 35.5. The number of hydrogen-bond donors (Lipinski definition) is 2. The van der Waals surface area contributed by atoms with E-state index in [1.165, 1.54) is 12.1 Å². The summed E-state index contributed by atoms with van der Waals surface area (Å²) in [4.78, 5) is 12.0. The number of amides is 1. The van der Waals surface area contributed by atoms with Crippen molar-refractivity contribution in [3.8, 4) is 5.75 Å². The van der Waals surface area contributed by atoms with Gasteiger partial charge in [0, 0.05) is 12.1 Å². The Morgan fingerprint density at radius 2 is 1.90 bits per heavy atom.